The highest BCUT2D eigenvalue weighted by Gasteiger charge is 2.57. The SMILES string of the molecule is Cc1cc(C)c(C(=O)P(=O)(C(=O)c2c(C)cc(C)cc2C)C(C(=O)OC2CCCO2)C(Cl)C(=O)O)c(C)c1. The second-order valence-electron chi connectivity index (χ2n) is 9.88. The summed E-state index contributed by atoms with van der Waals surface area (Å²) in [7, 11) is -5.14. The van der Waals surface area contributed by atoms with E-state index in [1.54, 1.807) is 52.0 Å². The van der Waals surface area contributed by atoms with E-state index >= 15 is 4.57 Å². The Hall–Kier alpha value is -2.80. The van der Waals surface area contributed by atoms with E-state index in [0.717, 1.165) is 11.1 Å². The summed E-state index contributed by atoms with van der Waals surface area (Å²) in [6.45, 7) is 10.4. The molecule has 8 nitrogen and oxygen atoms in total. The van der Waals surface area contributed by atoms with Gasteiger partial charge in [0.2, 0.25) is 24.5 Å². The molecule has 0 bridgehead atoms. The minimum Gasteiger partial charge on any atom is -0.480 e. The van der Waals surface area contributed by atoms with E-state index in [4.69, 9.17) is 21.1 Å². The van der Waals surface area contributed by atoms with Crippen LogP contribution >= 0.6 is 18.7 Å². The molecule has 0 aliphatic carbocycles. The molecule has 1 aliphatic heterocycles. The van der Waals surface area contributed by atoms with Crippen LogP contribution in [0.2, 0.25) is 0 Å². The van der Waals surface area contributed by atoms with Crippen molar-refractivity contribution in [2.45, 2.75) is 71.7 Å². The van der Waals surface area contributed by atoms with Crippen molar-refractivity contribution >= 4 is 41.7 Å². The van der Waals surface area contributed by atoms with Crippen molar-refractivity contribution in [1.29, 1.82) is 0 Å². The number of carboxylic acids is 1. The average Bonchev–Trinajstić information content (AvgIpc) is 3.30. The van der Waals surface area contributed by atoms with Crippen LogP contribution in [0.25, 0.3) is 0 Å². The molecule has 1 saturated heterocycles. The summed E-state index contributed by atoms with van der Waals surface area (Å²) < 4.78 is 25.7. The van der Waals surface area contributed by atoms with Crippen LogP contribution in [0.1, 0.15) is 66.9 Å². The third-order valence-corrected chi connectivity index (χ3v) is 10.2. The quantitative estimate of drug-likeness (QED) is 0.237. The van der Waals surface area contributed by atoms with Gasteiger partial charge in [-0.2, -0.15) is 0 Å². The van der Waals surface area contributed by atoms with Crippen molar-refractivity contribution in [2.75, 3.05) is 6.61 Å². The molecule has 38 heavy (non-hydrogen) atoms. The van der Waals surface area contributed by atoms with Crippen LogP contribution in [0.5, 0.6) is 0 Å². The van der Waals surface area contributed by atoms with Crippen LogP contribution < -0.4 is 0 Å². The molecule has 0 amide bonds. The number of alkyl halides is 1. The zero-order valence-corrected chi connectivity index (χ0v) is 23.9. The summed E-state index contributed by atoms with van der Waals surface area (Å²) >= 11 is 6.20. The highest BCUT2D eigenvalue weighted by molar-refractivity contribution is 7.96. The molecular weight excluding hydrogens is 531 g/mol. The lowest BCUT2D eigenvalue weighted by molar-refractivity contribution is -0.170. The first-order valence-corrected chi connectivity index (χ1v) is 14.5. The van der Waals surface area contributed by atoms with Crippen molar-refractivity contribution in [3.63, 3.8) is 0 Å². The van der Waals surface area contributed by atoms with Gasteiger partial charge in [0.05, 0.1) is 6.61 Å². The van der Waals surface area contributed by atoms with Gasteiger partial charge in [0, 0.05) is 17.5 Å². The van der Waals surface area contributed by atoms with E-state index in [0.29, 0.717) is 41.7 Å². The molecule has 1 fully saturated rings. The fraction of sp³-hybridized carbons (Fsp3) is 0.429. The minimum atomic E-state index is -5.14. The van der Waals surface area contributed by atoms with Crippen LogP contribution in [0.15, 0.2) is 24.3 Å². The molecule has 1 N–H and O–H groups in total. The summed E-state index contributed by atoms with van der Waals surface area (Å²) in [5, 5.41) is 7.63. The zero-order valence-electron chi connectivity index (χ0n) is 22.3. The maximum atomic E-state index is 15.1. The van der Waals surface area contributed by atoms with E-state index in [1.807, 2.05) is 13.8 Å². The van der Waals surface area contributed by atoms with Gasteiger partial charge in [-0.25, -0.2) is 0 Å². The van der Waals surface area contributed by atoms with Gasteiger partial charge in [0.25, 0.3) is 0 Å². The predicted octanol–water partition coefficient (Wildman–Crippen LogP) is 5.62. The monoisotopic (exact) mass is 562 g/mol. The van der Waals surface area contributed by atoms with E-state index in [1.165, 1.54) is 0 Å². The average molecular weight is 563 g/mol. The smallest absolute Gasteiger partial charge is 0.323 e. The Labute approximate surface area is 227 Å². The number of hydrogen-bond donors (Lipinski definition) is 1. The molecule has 10 heteroatoms. The number of rotatable bonds is 9. The maximum Gasteiger partial charge on any atom is 0.323 e. The van der Waals surface area contributed by atoms with E-state index < -0.39 is 47.5 Å². The van der Waals surface area contributed by atoms with Gasteiger partial charge in [-0.15, -0.1) is 11.6 Å². The Morgan fingerprint density at radius 1 is 0.895 bits per heavy atom. The topological polar surface area (TPSA) is 124 Å². The number of benzene rings is 2. The van der Waals surface area contributed by atoms with Crippen molar-refractivity contribution < 1.29 is 38.3 Å². The molecule has 3 atom stereocenters. The Kier molecular flexibility index (Phi) is 9.02. The van der Waals surface area contributed by atoms with E-state index in [2.05, 4.69) is 0 Å². The Morgan fingerprint density at radius 2 is 1.32 bits per heavy atom. The zero-order chi connectivity index (χ0) is 28.5. The fourth-order valence-electron chi connectivity index (χ4n) is 5.14. The molecule has 0 spiro atoms. The number of esters is 1. The van der Waals surface area contributed by atoms with Gasteiger partial charge in [-0.05, 0) is 70.2 Å². The second-order valence-corrected chi connectivity index (χ2v) is 13.0. The lowest BCUT2D eigenvalue weighted by Crippen LogP contribution is -2.42. The summed E-state index contributed by atoms with van der Waals surface area (Å²) in [5.74, 6) is -3.04. The summed E-state index contributed by atoms with van der Waals surface area (Å²) in [4.78, 5) is 54.1. The molecule has 3 rings (SSSR count). The molecule has 3 unspecified atom stereocenters. The summed E-state index contributed by atoms with van der Waals surface area (Å²) in [6.07, 6.45) is -0.103. The van der Waals surface area contributed by atoms with Crippen LogP contribution in [0.4, 0.5) is 0 Å². The third kappa shape index (κ3) is 5.63. The first-order valence-electron chi connectivity index (χ1n) is 12.2. The van der Waals surface area contributed by atoms with Gasteiger partial charge in [0.15, 0.2) is 11.0 Å². The lowest BCUT2D eigenvalue weighted by atomic mass is 10.0. The Bertz CT molecular complexity index is 1240. The van der Waals surface area contributed by atoms with Gasteiger partial charge in [0.1, 0.15) is 0 Å². The van der Waals surface area contributed by atoms with Gasteiger partial charge in [-0.3, -0.25) is 19.2 Å². The third-order valence-electron chi connectivity index (χ3n) is 6.67. The number of ether oxygens (including phenoxy) is 2. The molecule has 0 aromatic heterocycles. The number of aliphatic carboxylic acids is 1. The molecule has 2 aromatic rings. The number of carboxylic acid groups (broad SMARTS) is 1. The van der Waals surface area contributed by atoms with Crippen molar-refractivity contribution in [1.82, 2.24) is 0 Å². The number of hydrogen-bond acceptors (Lipinski definition) is 7. The normalized spacial score (nSPS) is 17.1. The maximum absolute atomic E-state index is 15.1. The number of carbonyl (C=O) groups is 4. The van der Waals surface area contributed by atoms with Crippen LogP contribution in [0.3, 0.4) is 0 Å². The van der Waals surface area contributed by atoms with Gasteiger partial charge < -0.3 is 19.1 Å². The van der Waals surface area contributed by atoms with Crippen LogP contribution in [0, 0.1) is 41.5 Å². The number of carbonyl (C=O) groups excluding carboxylic acids is 3. The van der Waals surface area contributed by atoms with Crippen LogP contribution in [-0.4, -0.2) is 52.0 Å². The van der Waals surface area contributed by atoms with E-state index in [9.17, 15) is 24.3 Å². The highest BCUT2D eigenvalue weighted by Crippen LogP contribution is 2.59. The first-order chi connectivity index (χ1) is 17.7. The van der Waals surface area contributed by atoms with E-state index in [-0.39, 0.29) is 11.1 Å². The Morgan fingerprint density at radius 3 is 1.66 bits per heavy atom. The molecule has 1 aliphatic rings. The highest BCUT2D eigenvalue weighted by atomic mass is 35.5. The molecule has 204 valence electrons. The number of halogens is 1. The Balaban J connectivity index is 2.33. The number of aryl methyl sites for hydroxylation is 6. The predicted molar refractivity (Wildman–Crippen MR) is 144 cm³/mol. The molecule has 2 aromatic carbocycles. The largest absolute Gasteiger partial charge is 0.480 e. The van der Waals surface area contributed by atoms with Crippen LogP contribution in [-0.2, 0) is 23.6 Å². The second kappa shape index (κ2) is 11.5. The molecule has 0 radical (unpaired) electrons. The molecule has 0 saturated carbocycles. The van der Waals surface area contributed by atoms with Gasteiger partial charge >= 0.3 is 11.9 Å². The summed E-state index contributed by atoms with van der Waals surface area (Å²) in [6, 6.07) is 6.75. The van der Waals surface area contributed by atoms with Crippen molar-refractivity contribution in [3.8, 4) is 0 Å². The van der Waals surface area contributed by atoms with Gasteiger partial charge in [-0.1, -0.05) is 35.4 Å². The molecule has 1 heterocycles. The van der Waals surface area contributed by atoms with Crippen molar-refractivity contribution in [3.05, 3.63) is 68.8 Å². The standard InChI is InChI=1S/C28H32ClO8P/c1-14-10-16(3)21(17(4)11-14)27(33)38(35,28(34)22-18(5)12-15(2)13-19(22)6)24(23(29)25(30)31)26(32)37-20-8-7-9-36-20/h10-13,20,23-24H,7-9H2,1-6H3,(H,30,31). The first kappa shape index (κ1) is 29.8. The summed E-state index contributed by atoms with van der Waals surface area (Å²) in [5.41, 5.74) is -1.15. The van der Waals surface area contributed by atoms with Crippen molar-refractivity contribution in [2.24, 2.45) is 0 Å². The lowest BCUT2D eigenvalue weighted by Gasteiger charge is -2.28. The minimum absolute atomic E-state index is 0.0149. The molecular formula is C28H32ClO8P. The fourth-order valence-corrected chi connectivity index (χ4v) is 8.63.